The van der Waals surface area contributed by atoms with Crippen LogP contribution < -0.4 is 5.32 Å². The molecule has 1 aliphatic rings. The minimum absolute atomic E-state index is 0.0153. The molecule has 196 valence electrons. The van der Waals surface area contributed by atoms with Gasteiger partial charge in [-0.05, 0) is 49.2 Å². The van der Waals surface area contributed by atoms with E-state index in [2.05, 4.69) is 43.7 Å². The number of benzene rings is 2. The van der Waals surface area contributed by atoms with Crippen molar-refractivity contribution in [3.8, 4) is 0 Å². The number of hydrogen-bond acceptors (Lipinski definition) is 7. The molecule has 1 N–H and O–H groups in total. The largest absolute Gasteiger partial charge is 0.453 e. The highest BCUT2D eigenvalue weighted by Gasteiger charge is 2.27. The molecule has 1 saturated heterocycles. The number of carbonyl (C=O) groups excluding carboxylic acids is 2. The van der Waals surface area contributed by atoms with Gasteiger partial charge in [0, 0.05) is 62.4 Å². The smallest absolute Gasteiger partial charge is 0.411 e. The van der Waals surface area contributed by atoms with Gasteiger partial charge in [-0.3, -0.25) is 19.9 Å². The average Bonchev–Trinajstić information content (AvgIpc) is 3.44. The van der Waals surface area contributed by atoms with Crippen LogP contribution >= 0.6 is 11.3 Å². The first-order chi connectivity index (χ1) is 18.0. The molecule has 2 aromatic carbocycles. The third-order valence-electron chi connectivity index (χ3n) is 6.80. The fourth-order valence-corrected chi connectivity index (χ4v) is 5.34. The van der Waals surface area contributed by atoms with E-state index in [-0.39, 0.29) is 11.9 Å². The predicted octanol–water partition coefficient (Wildman–Crippen LogP) is 4.71. The molecule has 3 aromatic rings. The summed E-state index contributed by atoms with van der Waals surface area (Å²) in [7, 11) is 1.36. The number of ether oxygens (including phenoxy) is 1. The summed E-state index contributed by atoms with van der Waals surface area (Å²) in [4.78, 5) is 35.8. The van der Waals surface area contributed by atoms with Crippen LogP contribution in [0.4, 0.5) is 10.5 Å². The van der Waals surface area contributed by atoms with Crippen molar-refractivity contribution >= 4 is 29.0 Å². The maximum atomic E-state index is 12.9. The lowest BCUT2D eigenvalue weighted by molar-refractivity contribution is 0.0772. The van der Waals surface area contributed by atoms with Crippen LogP contribution in [0.5, 0.6) is 0 Å². The van der Waals surface area contributed by atoms with E-state index in [0.717, 1.165) is 49.5 Å². The summed E-state index contributed by atoms with van der Waals surface area (Å²) in [6, 6.07) is 15.9. The maximum Gasteiger partial charge on any atom is 0.411 e. The molecule has 0 spiro atoms. The number of amides is 2. The summed E-state index contributed by atoms with van der Waals surface area (Å²) in [5, 5.41) is 4.89. The Labute approximate surface area is 222 Å². The van der Waals surface area contributed by atoms with E-state index in [4.69, 9.17) is 4.74 Å². The lowest BCUT2D eigenvalue weighted by atomic mass is 9.95. The first-order valence-corrected chi connectivity index (χ1v) is 13.6. The molecule has 8 nitrogen and oxygen atoms in total. The van der Waals surface area contributed by atoms with Crippen LogP contribution in [-0.2, 0) is 11.3 Å². The Balaban J connectivity index is 1.58. The second kappa shape index (κ2) is 12.8. The fraction of sp³-hybridized carbons (Fsp3) is 0.393. The monoisotopic (exact) mass is 521 g/mol. The van der Waals surface area contributed by atoms with Gasteiger partial charge in [0.25, 0.3) is 5.91 Å². The maximum absolute atomic E-state index is 12.9. The van der Waals surface area contributed by atoms with Gasteiger partial charge in [0.1, 0.15) is 0 Å². The molecule has 0 radical (unpaired) electrons. The van der Waals surface area contributed by atoms with Crippen LogP contribution in [0.2, 0.25) is 0 Å². The number of piperazine rings is 1. The lowest BCUT2D eigenvalue weighted by Crippen LogP contribution is -2.47. The normalized spacial score (nSPS) is 15.2. The van der Waals surface area contributed by atoms with Crippen molar-refractivity contribution in [2.45, 2.75) is 26.4 Å². The van der Waals surface area contributed by atoms with Crippen LogP contribution in [0.15, 0.2) is 59.4 Å². The van der Waals surface area contributed by atoms with Crippen LogP contribution in [0.25, 0.3) is 0 Å². The Hall–Kier alpha value is -3.27. The predicted molar refractivity (Wildman–Crippen MR) is 147 cm³/mol. The van der Waals surface area contributed by atoms with E-state index in [1.165, 1.54) is 7.11 Å². The van der Waals surface area contributed by atoms with E-state index in [1.807, 2.05) is 54.6 Å². The molecule has 4 rings (SSSR count). The summed E-state index contributed by atoms with van der Waals surface area (Å²) in [5.74, 6) is 0.0491. The van der Waals surface area contributed by atoms with E-state index >= 15 is 0 Å². The van der Waals surface area contributed by atoms with Crippen molar-refractivity contribution in [3.63, 3.8) is 0 Å². The first-order valence-electron chi connectivity index (χ1n) is 12.7. The highest BCUT2D eigenvalue weighted by atomic mass is 32.1. The van der Waals surface area contributed by atoms with Crippen molar-refractivity contribution < 1.29 is 14.3 Å². The topological polar surface area (TPSA) is 78.0 Å². The van der Waals surface area contributed by atoms with Crippen molar-refractivity contribution in [2.75, 3.05) is 51.7 Å². The quantitative estimate of drug-likeness (QED) is 0.439. The zero-order valence-corrected chi connectivity index (χ0v) is 22.5. The van der Waals surface area contributed by atoms with E-state index in [1.54, 1.807) is 11.3 Å². The Bertz CT molecular complexity index is 1160. The number of anilines is 1. The van der Waals surface area contributed by atoms with E-state index < -0.39 is 6.09 Å². The molecule has 1 fully saturated rings. The molecular formula is C28H35N5O3S. The van der Waals surface area contributed by atoms with Crippen molar-refractivity contribution in [2.24, 2.45) is 0 Å². The second-order valence-electron chi connectivity index (χ2n) is 9.04. The molecule has 1 aliphatic heterocycles. The third kappa shape index (κ3) is 6.74. The Morgan fingerprint density at radius 2 is 1.78 bits per heavy atom. The highest BCUT2D eigenvalue weighted by Crippen LogP contribution is 2.32. The summed E-state index contributed by atoms with van der Waals surface area (Å²) >= 11 is 1.63. The number of methoxy groups -OCH3 is 1. The number of rotatable bonds is 9. The molecular weight excluding hydrogens is 486 g/mol. The summed E-state index contributed by atoms with van der Waals surface area (Å²) in [6.45, 7) is 9.88. The van der Waals surface area contributed by atoms with E-state index in [0.29, 0.717) is 24.3 Å². The van der Waals surface area contributed by atoms with Gasteiger partial charge >= 0.3 is 6.09 Å². The number of aromatic nitrogens is 1. The van der Waals surface area contributed by atoms with Crippen LogP contribution in [0.3, 0.4) is 0 Å². The lowest BCUT2D eigenvalue weighted by Gasteiger charge is -2.39. The summed E-state index contributed by atoms with van der Waals surface area (Å²) in [5.41, 5.74) is 6.56. The molecule has 0 saturated carbocycles. The van der Waals surface area contributed by atoms with Crippen molar-refractivity contribution in [1.29, 1.82) is 0 Å². The molecule has 2 amide bonds. The Kier molecular flexibility index (Phi) is 9.27. The minimum atomic E-state index is -0.497. The van der Waals surface area contributed by atoms with E-state index in [9.17, 15) is 9.59 Å². The van der Waals surface area contributed by atoms with Gasteiger partial charge in [-0.15, -0.1) is 11.3 Å². The SMILES string of the molecule is CCN(CC)C(=O)c1ccc([C@@H](c2cccc(NC(=O)OC)c2)N2CCN(Cc3cscn3)CC2)cc1. The van der Waals surface area contributed by atoms with Crippen LogP contribution in [0, 0.1) is 0 Å². The molecule has 9 heteroatoms. The average molecular weight is 522 g/mol. The fourth-order valence-electron chi connectivity index (χ4n) is 4.80. The second-order valence-corrected chi connectivity index (χ2v) is 9.75. The third-order valence-corrected chi connectivity index (χ3v) is 7.43. The molecule has 0 aliphatic carbocycles. The first kappa shape index (κ1) is 26.8. The molecule has 1 atom stereocenters. The minimum Gasteiger partial charge on any atom is -0.453 e. The van der Waals surface area contributed by atoms with Gasteiger partial charge in [-0.2, -0.15) is 0 Å². The van der Waals surface area contributed by atoms with Crippen molar-refractivity contribution in [1.82, 2.24) is 19.7 Å². The van der Waals surface area contributed by atoms with Crippen LogP contribution in [0.1, 0.15) is 47.1 Å². The van der Waals surface area contributed by atoms with Gasteiger partial charge < -0.3 is 9.64 Å². The number of carbonyl (C=O) groups is 2. The highest BCUT2D eigenvalue weighted by molar-refractivity contribution is 7.07. The molecule has 2 heterocycles. The number of nitrogens with zero attached hydrogens (tertiary/aromatic N) is 4. The van der Waals surface area contributed by atoms with Gasteiger partial charge in [-0.25, -0.2) is 9.78 Å². The molecule has 1 aromatic heterocycles. The Morgan fingerprint density at radius 3 is 2.41 bits per heavy atom. The number of nitrogens with one attached hydrogen (secondary N) is 1. The summed E-state index contributed by atoms with van der Waals surface area (Å²) < 4.78 is 4.78. The Morgan fingerprint density at radius 1 is 1.05 bits per heavy atom. The number of hydrogen-bond donors (Lipinski definition) is 1. The van der Waals surface area contributed by atoms with Crippen molar-refractivity contribution in [3.05, 3.63) is 81.8 Å². The zero-order valence-electron chi connectivity index (χ0n) is 21.7. The number of thiazole rings is 1. The van der Waals surface area contributed by atoms with Gasteiger partial charge in [0.2, 0.25) is 0 Å². The van der Waals surface area contributed by atoms with Gasteiger partial charge in [0.05, 0.1) is 24.4 Å². The summed E-state index contributed by atoms with van der Waals surface area (Å²) in [6.07, 6.45) is -0.497. The molecule has 0 unspecified atom stereocenters. The van der Waals surface area contributed by atoms with Gasteiger partial charge in [-0.1, -0.05) is 24.3 Å². The standard InChI is InChI=1S/C28H35N5O3S/c1-4-32(5-2)27(34)22-11-9-21(10-12-22)26(23-7-6-8-24(17-23)30-28(35)36-3)33-15-13-31(14-16-33)18-25-19-37-20-29-25/h6-12,17,19-20,26H,4-5,13-16,18H2,1-3H3,(H,30,35)/t26-/m0/s1. The molecule has 37 heavy (non-hydrogen) atoms. The molecule has 0 bridgehead atoms. The van der Waals surface area contributed by atoms with Gasteiger partial charge in [0.15, 0.2) is 0 Å². The zero-order chi connectivity index (χ0) is 26.2. The van der Waals surface area contributed by atoms with Crippen LogP contribution in [-0.4, -0.2) is 78.1 Å².